The summed E-state index contributed by atoms with van der Waals surface area (Å²) in [5.41, 5.74) is 0.0449. The zero-order valence-electron chi connectivity index (χ0n) is 13.7. The molecule has 4 nitrogen and oxygen atoms in total. The van der Waals surface area contributed by atoms with Crippen LogP contribution in [0.25, 0.3) is 0 Å². The fourth-order valence-electron chi connectivity index (χ4n) is 3.33. The number of carbonyl (C=O) groups excluding carboxylic acids is 2. The van der Waals surface area contributed by atoms with Crippen molar-refractivity contribution in [3.63, 3.8) is 0 Å². The van der Waals surface area contributed by atoms with Crippen LogP contribution in [0.4, 0.5) is 24.5 Å². The van der Waals surface area contributed by atoms with Gasteiger partial charge in [0, 0.05) is 12.2 Å². The Kier molecular flexibility index (Phi) is 3.75. The Balaban J connectivity index is 1.57. The number of amides is 2. The number of rotatable bonds is 3. The van der Waals surface area contributed by atoms with Crippen LogP contribution in [-0.2, 0) is 16.0 Å². The quantitative estimate of drug-likeness (QED) is 0.674. The number of halogens is 3. The fourth-order valence-corrected chi connectivity index (χ4v) is 3.33. The van der Waals surface area contributed by atoms with E-state index in [1.807, 2.05) is 24.3 Å². The Morgan fingerprint density at radius 2 is 1.73 bits per heavy atom. The second-order valence-corrected chi connectivity index (χ2v) is 6.59. The molecule has 1 saturated carbocycles. The molecule has 1 N–H and O–H groups in total. The van der Waals surface area contributed by atoms with Gasteiger partial charge in [-0.2, -0.15) is 0 Å². The molecule has 0 spiro atoms. The van der Waals surface area contributed by atoms with Gasteiger partial charge in [0.15, 0.2) is 17.5 Å². The number of hydrogen-bond acceptors (Lipinski definition) is 2. The summed E-state index contributed by atoms with van der Waals surface area (Å²) in [5, 5.41) is 2.24. The molecule has 1 fully saturated rings. The summed E-state index contributed by atoms with van der Waals surface area (Å²) in [7, 11) is 0. The van der Waals surface area contributed by atoms with Crippen LogP contribution in [0.5, 0.6) is 0 Å². The molecule has 1 aliphatic carbocycles. The molecule has 2 aromatic rings. The topological polar surface area (TPSA) is 49.4 Å². The number of carbonyl (C=O) groups is 2. The van der Waals surface area contributed by atoms with Gasteiger partial charge in [-0.3, -0.25) is 9.59 Å². The van der Waals surface area contributed by atoms with Gasteiger partial charge < -0.3 is 10.2 Å². The van der Waals surface area contributed by atoms with Gasteiger partial charge in [-0.1, -0.05) is 18.2 Å². The molecule has 0 saturated heterocycles. The smallest absolute Gasteiger partial charge is 0.242 e. The predicted octanol–water partition coefficient (Wildman–Crippen LogP) is 3.41. The third kappa shape index (κ3) is 2.46. The fraction of sp³-hybridized carbons (Fsp3) is 0.263. The lowest BCUT2D eigenvalue weighted by molar-refractivity contribution is -0.132. The van der Waals surface area contributed by atoms with Gasteiger partial charge >= 0.3 is 0 Å². The van der Waals surface area contributed by atoms with Crippen LogP contribution in [0.3, 0.4) is 0 Å². The van der Waals surface area contributed by atoms with Crippen LogP contribution >= 0.6 is 0 Å². The van der Waals surface area contributed by atoms with E-state index in [0.29, 0.717) is 25.8 Å². The number of nitrogens with one attached hydrogen (secondary N) is 1. The molecule has 1 heterocycles. The lowest BCUT2D eigenvalue weighted by atomic mass is 10.0. The molecule has 26 heavy (non-hydrogen) atoms. The largest absolute Gasteiger partial charge is 0.323 e. The highest BCUT2D eigenvalue weighted by molar-refractivity contribution is 6.18. The van der Waals surface area contributed by atoms with Crippen molar-refractivity contribution < 1.29 is 22.8 Å². The molecule has 7 heteroatoms. The molecule has 4 rings (SSSR count). The Morgan fingerprint density at radius 3 is 2.46 bits per heavy atom. The van der Waals surface area contributed by atoms with Crippen LogP contribution in [0.15, 0.2) is 36.4 Å². The molecule has 2 aliphatic rings. The third-order valence-electron chi connectivity index (χ3n) is 5.01. The van der Waals surface area contributed by atoms with Crippen LogP contribution in [0, 0.1) is 22.9 Å². The Morgan fingerprint density at radius 1 is 1.00 bits per heavy atom. The molecular weight excluding hydrogens is 345 g/mol. The van der Waals surface area contributed by atoms with Gasteiger partial charge in [0.25, 0.3) is 0 Å². The molecule has 2 amide bonds. The van der Waals surface area contributed by atoms with Gasteiger partial charge in [-0.25, -0.2) is 13.2 Å². The molecule has 0 atom stereocenters. The summed E-state index contributed by atoms with van der Waals surface area (Å²) < 4.78 is 40.2. The zero-order valence-corrected chi connectivity index (χ0v) is 13.7. The Bertz CT molecular complexity index is 925. The third-order valence-corrected chi connectivity index (χ3v) is 5.01. The monoisotopic (exact) mass is 360 g/mol. The number of nitrogens with zero attached hydrogens (tertiary/aromatic N) is 1. The number of benzene rings is 2. The van der Waals surface area contributed by atoms with Crippen LogP contribution < -0.4 is 10.2 Å². The molecule has 134 valence electrons. The molecule has 0 unspecified atom stereocenters. The predicted molar refractivity (Wildman–Crippen MR) is 89.1 cm³/mol. The summed E-state index contributed by atoms with van der Waals surface area (Å²) in [5.74, 6) is -5.52. The first kappa shape index (κ1) is 16.6. The number of para-hydroxylation sites is 1. The van der Waals surface area contributed by atoms with Crippen molar-refractivity contribution in [2.24, 2.45) is 5.41 Å². The van der Waals surface area contributed by atoms with Crippen molar-refractivity contribution in [3.05, 3.63) is 59.4 Å². The maximum Gasteiger partial charge on any atom is 0.242 e. The first-order valence-corrected chi connectivity index (χ1v) is 8.29. The SMILES string of the molecule is O=C(Nc1ccc(F)c(F)c1F)C1(C(=O)N2CCc3ccccc32)CC1. The van der Waals surface area contributed by atoms with E-state index in [0.717, 1.165) is 23.4 Å². The minimum Gasteiger partial charge on any atom is -0.323 e. The van der Waals surface area contributed by atoms with E-state index in [2.05, 4.69) is 5.32 Å². The first-order valence-electron chi connectivity index (χ1n) is 8.29. The molecule has 1 aliphatic heterocycles. The van der Waals surface area contributed by atoms with Gasteiger partial charge in [-0.05, 0) is 43.0 Å². The summed E-state index contributed by atoms with van der Waals surface area (Å²) >= 11 is 0. The van der Waals surface area contributed by atoms with Gasteiger partial charge in [0.1, 0.15) is 5.41 Å². The number of hydrogen-bond donors (Lipinski definition) is 1. The molecule has 2 aromatic carbocycles. The maximum absolute atomic E-state index is 13.8. The molecule has 0 radical (unpaired) electrons. The van der Waals surface area contributed by atoms with Gasteiger partial charge in [0.05, 0.1) is 5.69 Å². The summed E-state index contributed by atoms with van der Waals surface area (Å²) in [6.45, 7) is 0.479. The van der Waals surface area contributed by atoms with Crippen LogP contribution in [-0.4, -0.2) is 18.4 Å². The van der Waals surface area contributed by atoms with Crippen molar-refractivity contribution in [1.29, 1.82) is 0 Å². The van der Waals surface area contributed by atoms with Crippen molar-refractivity contribution >= 4 is 23.2 Å². The van der Waals surface area contributed by atoms with Crippen molar-refractivity contribution in [2.75, 3.05) is 16.8 Å². The van der Waals surface area contributed by atoms with E-state index in [-0.39, 0.29) is 5.91 Å². The molecule has 0 bridgehead atoms. The standard InChI is InChI=1S/C19H15F3N2O2/c20-12-5-6-13(16(22)15(12)21)23-17(25)19(8-9-19)18(26)24-10-7-11-3-1-2-4-14(11)24/h1-6H,7-10H2,(H,23,25). The van der Waals surface area contributed by atoms with Crippen molar-refractivity contribution in [3.8, 4) is 0 Å². The second-order valence-electron chi connectivity index (χ2n) is 6.59. The lowest BCUT2D eigenvalue weighted by Gasteiger charge is -2.23. The first-order chi connectivity index (χ1) is 12.4. The normalized spacial score (nSPS) is 17.0. The van der Waals surface area contributed by atoms with Gasteiger partial charge in [-0.15, -0.1) is 0 Å². The van der Waals surface area contributed by atoms with E-state index in [9.17, 15) is 22.8 Å². The minimum atomic E-state index is -1.66. The van der Waals surface area contributed by atoms with Gasteiger partial charge in [0.2, 0.25) is 11.8 Å². The van der Waals surface area contributed by atoms with E-state index in [1.54, 1.807) is 4.90 Å². The summed E-state index contributed by atoms with van der Waals surface area (Å²) in [6, 6.07) is 9.13. The Hall–Kier alpha value is -2.83. The number of fused-ring (bicyclic) bond motifs is 1. The highest BCUT2D eigenvalue weighted by Crippen LogP contribution is 2.49. The maximum atomic E-state index is 13.8. The highest BCUT2D eigenvalue weighted by Gasteiger charge is 2.58. The van der Waals surface area contributed by atoms with E-state index in [1.165, 1.54) is 0 Å². The average Bonchev–Trinajstić information content (AvgIpc) is 3.35. The second kappa shape index (κ2) is 5.86. The molecule has 0 aromatic heterocycles. The zero-order chi connectivity index (χ0) is 18.5. The number of anilines is 2. The van der Waals surface area contributed by atoms with E-state index >= 15 is 0 Å². The van der Waals surface area contributed by atoms with Crippen LogP contribution in [0.1, 0.15) is 18.4 Å². The van der Waals surface area contributed by atoms with Crippen molar-refractivity contribution in [1.82, 2.24) is 0 Å². The molecular formula is C19H15F3N2O2. The van der Waals surface area contributed by atoms with Crippen molar-refractivity contribution in [2.45, 2.75) is 19.3 Å². The minimum absolute atomic E-state index is 0.335. The summed E-state index contributed by atoms with van der Waals surface area (Å²) in [4.78, 5) is 27.2. The van der Waals surface area contributed by atoms with E-state index < -0.39 is 34.5 Å². The van der Waals surface area contributed by atoms with Crippen LogP contribution in [0.2, 0.25) is 0 Å². The lowest BCUT2D eigenvalue weighted by Crippen LogP contribution is -2.42. The Labute approximate surface area is 147 Å². The summed E-state index contributed by atoms with van der Waals surface area (Å²) in [6.07, 6.45) is 1.38. The average molecular weight is 360 g/mol. The highest BCUT2D eigenvalue weighted by atomic mass is 19.2. The van der Waals surface area contributed by atoms with E-state index in [4.69, 9.17) is 0 Å².